The smallest absolute Gasteiger partial charge is 0.335 e. The predicted octanol–water partition coefficient (Wildman–Crippen LogP) is 4.74. The van der Waals surface area contributed by atoms with Gasteiger partial charge in [-0.15, -0.1) is 0 Å². The Morgan fingerprint density at radius 1 is 1.09 bits per heavy atom. The molecule has 0 bridgehead atoms. The number of ether oxygens (including phenoxy) is 3. The molecule has 4 nitrogen and oxygen atoms in total. The van der Waals surface area contributed by atoms with E-state index < -0.39 is 5.97 Å². The molecule has 4 heteroatoms. The van der Waals surface area contributed by atoms with E-state index in [1.54, 1.807) is 32.4 Å². The molecule has 0 saturated carbocycles. The molecule has 0 saturated heterocycles. The van der Waals surface area contributed by atoms with E-state index in [1.807, 2.05) is 12.1 Å². The van der Waals surface area contributed by atoms with E-state index >= 15 is 0 Å². The van der Waals surface area contributed by atoms with Gasteiger partial charge in [-0.25, -0.2) is 4.79 Å². The Kier molecular flexibility index (Phi) is 9.29. The number of hydrogen-bond acceptors (Lipinski definition) is 4. The average molecular weight is 318 g/mol. The Labute approximate surface area is 138 Å². The van der Waals surface area contributed by atoms with Gasteiger partial charge in [0.25, 0.3) is 0 Å². The topological polar surface area (TPSA) is 44.8 Å². The second-order valence-corrected chi connectivity index (χ2v) is 5.11. The number of benzene rings is 1. The first-order valence-electron chi connectivity index (χ1n) is 7.97. The quantitative estimate of drug-likeness (QED) is 0.270. The Bertz CT molecular complexity index is 532. The molecule has 0 fully saturated rings. The van der Waals surface area contributed by atoms with Crippen LogP contribution in [0.4, 0.5) is 0 Å². The lowest BCUT2D eigenvalue weighted by Gasteiger charge is -2.07. The standard InChI is InChI=1S/C19H26O4/c1-4-5-6-7-8-9-14-23-19(20)13-11-16-10-12-17(21-2)18(15-16)22-3/h9-15H,4-8H2,1-3H3. The number of methoxy groups -OCH3 is 2. The molecule has 0 aliphatic heterocycles. The highest BCUT2D eigenvalue weighted by molar-refractivity contribution is 5.87. The highest BCUT2D eigenvalue weighted by Gasteiger charge is 2.03. The van der Waals surface area contributed by atoms with Crippen LogP contribution in [0.3, 0.4) is 0 Å². The molecule has 1 aromatic rings. The summed E-state index contributed by atoms with van der Waals surface area (Å²) in [5.41, 5.74) is 0.836. The van der Waals surface area contributed by atoms with Crippen molar-refractivity contribution in [3.63, 3.8) is 0 Å². The van der Waals surface area contributed by atoms with Crippen molar-refractivity contribution in [3.8, 4) is 11.5 Å². The lowest BCUT2D eigenvalue weighted by molar-refractivity contribution is -0.132. The molecule has 0 radical (unpaired) electrons. The molecular weight excluding hydrogens is 292 g/mol. The molecule has 23 heavy (non-hydrogen) atoms. The van der Waals surface area contributed by atoms with Gasteiger partial charge in [-0.3, -0.25) is 0 Å². The Hall–Kier alpha value is -2.23. The SMILES string of the molecule is CCCCCCC=COC(=O)C=Cc1ccc(OC)c(OC)c1. The second-order valence-electron chi connectivity index (χ2n) is 5.11. The molecule has 1 aromatic carbocycles. The van der Waals surface area contributed by atoms with Crippen molar-refractivity contribution in [3.05, 3.63) is 42.2 Å². The summed E-state index contributed by atoms with van der Waals surface area (Å²) in [4.78, 5) is 11.6. The van der Waals surface area contributed by atoms with E-state index in [2.05, 4.69) is 6.92 Å². The minimum atomic E-state index is -0.399. The number of esters is 1. The second kappa shape index (κ2) is 11.4. The first-order valence-corrected chi connectivity index (χ1v) is 7.97. The molecular formula is C19H26O4. The highest BCUT2D eigenvalue weighted by Crippen LogP contribution is 2.27. The van der Waals surface area contributed by atoms with E-state index in [0.29, 0.717) is 11.5 Å². The van der Waals surface area contributed by atoms with Crippen LogP contribution in [0.5, 0.6) is 11.5 Å². The number of carbonyl (C=O) groups is 1. The normalized spacial score (nSPS) is 11.1. The number of hydrogen-bond donors (Lipinski definition) is 0. The molecule has 1 rings (SSSR count). The lowest BCUT2D eigenvalue weighted by atomic mass is 10.1. The molecule has 0 heterocycles. The zero-order valence-corrected chi connectivity index (χ0v) is 14.2. The first kappa shape index (κ1) is 18.8. The van der Waals surface area contributed by atoms with Gasteiger partial charge in [0.1, 0.15) is 0 Å². The van der Waals surface area contributed by atoms with Gasteiger partial charge in [0.2, 0.25) is 0 Å². The zero-order chi connectivity index (χ0) is 16.9. The van der Waals surface area contributed by atoms with Crippen LogP contribution in [0, 0.1) is 0 Å². The third-order valence-electron chi connectivity index (χ3n) is 3.32. The van der Waals surface area contributed by atoms with Gasteiger partial charge in [0.05, 0.1) is 20.5 Å². The van der Waals surface area contributed by atoms with Crippen molar-refractivity contribution in [2.75, 3.05) is 14.2 Å². The van der Waals surface area contributed by atoms with Crippen LogP contribution < -0.4 is 9.47 Å². The van der Waals surface area contributed by atoms with Gasteiger partial charge in [0, 0.05) is 6.08 Å². The van der Waals surface area contributed by atoms with Crippen LogP contribution in [0.1, 0.15) is 44.6 Å². The molecule has 0 spiro atoms. The van der Waals surface area contributed by atoms with Gasteiger partial charge in [-0.1, -0.05) is 32.3 Å². The molecule has 0 unspecified atom stereocenters. The summed E-state index contributed by atoms with van der Waals surface area (Å²) in [5.74, 6) is 0.873. The van der Waals surface area contributed by atoms with Crippen LogP contribution in [0.2, 0.25) is 0 Å². The Morgan fingerprint density at radius 3 is 2.57 bits per heavy atom. The summed E-state index contributed by atoms with van der Waals surface area (Å²) >= 11 is 0. The fraction of sp³-hybridized carbons (Fsp3) is 0.421. The summed E-state index contributed by atoms with van der Waals surface area (Å²) in [7, 11) is 3.16. The van der Waals surface area contributed by atoms with E-state index in [4.69, 9.17) is 14.2 Å². The van der Waals surface area contributed by atoms with Crippen molar-refractivity contribution < 1.29 is 19.0 Å². The van der Waals surface area contributed by atoms with Gasteiger partial charge < -0.3 is 14.2 Å². The monoisotopic (exact) mass is 318 g/mol. The van der Waals surface area contributed by atoms with Crippen LogP contribution in [0.25, 0.3) is 6.08 Å². The summed E-state index contributed by atoms with van der Waals surface area (Å²) in [6.07, 6.45) is 12.2. The van der Waals surface area contributed by atoms with E-state index in [-0.39, 0.29) is 0 Å². The molecule has 126 valence electrons. The zero-order valence-electron chi connectivity index (χ0n) is 14.2. The lowest BCUT2D eigenvalue weighted by Crippen LogP contribution is -1.94. The van der Waals surface area contributed by atoms with Gasteiger partial charge in [0.15, 0.2) is 11.5 Å². The van der Waals surface area contributed by atoms with Gasteiger partial charge in [-0.2, -0.15) is 0 Å². The summed E-state index contributed by atoms with van der Waals surface area (Å²) in [5, 5.41) is 0. The van der Waals surface area contributed by atoms with Crippen LogP contribution in [0.15, 0.2) is 36.6 Å². The van der Waals surface area contributed by atoms with Crippen molar-refractivity contribution in [2.24, 2.45) is 0 Å². The highest BCUT2D eigenvalue weighted by atomic mass is 16.5. The molecule has 0 N–H and O–H groups in total. The third-order valence-corrected chi connectivity index (χ3v) is 3.32. The minimum absolute atomic E-state index is 0.399. The van der Waals surface area contributed by atoms with E-state index in [1.165, 1.54) is 31.6 Å². The molecule has 0 amide bonds. The third kappa shape index (κ3) is 7.54. The van der Waals surface area contributed by atoms with E-state index in [0.717, 1.165) is 18.4 Å². The average Bonchev–Trinajstić information content (AvgIpc) is 2.58. The van der Waals surface area contributed by atoms with Crippen molar-refractivity contribution >= 4 is 12.0 Å². The van der Waals surface area contributed by atoms with Crippen molar-refractivity contribution in [1.29, 1.82) is 0 Å². The fourth-order valence-corrected chi connectivity index (χ4v) is 2.03. The molecule has 0 aliphatic rings. The van der Waals surface area contributed by atoms with Crippen LogP contribution in [-0.2, 0) is 9.53 Å². The maximum absolute atomic E-state index is 11.6. The number of unbranched alkanes of at least 4 members (excludes halogenated alkanes) is 4. The minimum Gasteiger partial charge on any atom is -0.493 e. The Morgan fingerprint density at radius 2 is 1.87 bits per heavy atom. The van der Waals surface area contributed by atoms with Crippen molar-refractivity contribution in [2.45, 2.75) is 39.0 Å². The Balaban J connectivity index is 2.41. The number of carbonyl (C=O) groups excluding carboxylic acids is 1. The maximum Gasteiger partial charge on any atom is 0.335 e. The maximum atomic E-state index is 11.6. The first-order chi connectivity index (χ1) is 11.2. The van der Waals surface area contributed by atoms with Crippen molar-refractivity contribution in [1.82, 2.24) is 0 Å². The van der Waals surface area contributed by atoms with E-state index in [9.17, 15) is 4.79 Å². The summed E-state index contributed by atoms with van der Waals surface area (Å²) < 4.78 is 15.4. The largest absolute Gasteiger partial charge is 0.493 e. The van der Waals surface area contributed by atoms with Crippen LogP contribution in [-0.4, -0.2) is 20.2 Å². The summed E-state index contributed by atoms with van der Waals surface area (Å²) in [6.45, 7) is 2.18. The van der Waals surface area contributed by atoms with Gasteiger partial charge >= 0.3 is 5.97 Å². The number of allylic oxidation sites excluding steroid dienone is 1. The molecule has 0 aromatic heterocycles. The number of rotatable bonds is 10. The summed E-state index contributed by atoms with van der Waals surface area (Å²) in [6, 6.07) is 5.43. The fourth-order valence-electron chi connectivity index (χ4n) is 2.03. The predicted molar refractivity (Wildman–Crippen MR) is 92.6 cm³/mol. The van der Waals surface area contributed by atoms with Crippen LogP contribution >= 0.6 is 0 Å². The molecule has 0 atom stereocenters. The van der Waals surface area contributed by atoms with Gasteiger partial charge in [-0.05, 0) is 42.7 Å². The molecule has 0 aliphatic carbocycles.